The molecule has 0 spiro atoms. The van der Waals surface area contributed by atoms with Gasteiger partial charge in [0.2, 0.25) is 0 Å². The van der Waals surface area contributed by atoms with Crippen molar-refractivity contribution in [3.8, 4) is 0 Å². The topological polar surface area (TPSA) is 51.4 Å². The summed E-state index contributed by atoms with van der Waals surface area (Å²) < 4.78 is 42.8. The van der Waals surface area contributed by atoms with Crippen molar-refractivity contribution in [2.45, 2.75) is 38.2 Å². The van der Waals surface area contributed by atoms with Crippen LogP contribution in [0.4, 0.5) is 18.3 Å². The van der Waals surface area contributed by atoms with Gasteiger partial charge in [-0.3, -0.25) is 0 Å². The van der Waals surface area contributed by atoms with Crippen LogP contribution in [0.25, 0.3) is 0 Å². The predicted molar refractivity (Wildman–Crippen MR) is 67.1 cm³/mol. The molecule has 0 saturated heterocycles. The quantitative estimate of drug-likeness (QED) is 0.875. The maximum atomic E-state index is 12.6. The molecule has 0 bridgehead atoms. The number of hydrogen-bond acceptors (Lipinski definition) is 5. The maximum Gasteiger partial charge on any atom is 0.406 e. The zero-order chi connectivity index (χ0) is 14.0. The molecule has 2 N–H and O–H groups in total. The van der Waals surface area contributed by atoms with Crippen LogP contribution in [-0.4, -0.2) is 30.9 Å². The Balaban J connectivity index is 2.21. The molecule has 8 heteroatoms. The van der Waals surface area contributed by atoms with Crippen LogP contribution in [0.3, 0.4) is 0 Å². The Kier molecular flexibility index (Phi) is 4.32. The van der Waals surface area contributed by atoms with Crippen LogP contribution < -0.4 is 10.6 Å². The van der Waals surface area contributed by atoms with Gasteiger partial charge in [-0.25, -0.2) is 4.98 Å². The van der Waals surface area contributed by atoms with E-state index in [9.17, 15) is 13.2 Å². The fourth-order valence-electron chi connectivity index (χ4n) is 1.83. The number of rotatable bonds is 6. The maximum absolute atomic E-state index is 12.6. The zero-order valence-electron chi connectivity index (χ0n) is 10.5. The molecule has 0 atom stereocenters. The lowest BCUT2D eigenvalue weighted by Crippen LogP contribution is -2.35. The number of nitrogens with zero attached hydrogens (tertiary/aromatic N) is 2. The summed E-state index contributed by atoms with van der Waals surface area (Å²) in [5, 5.41) is 0.396. The van der Waals surface area contributed by atoms with Crippen molar-refractivity contribution in [2.24, 2.45) is 5.73 Å². The minimum Gasteiger partial charge on any atom is -0.378 e. The van der Waals surface area contributed by atoms with Gasteiger partial charge in [-0.1, -0.05) is 0 Å². The van der Waals surface area contributed by atoms with Gasteiger partial charge in [0, 0.05) is 24.6 Å². The zero-order valence-corrected chi connectivity index (χ0v) is 11.4. The van der Waals surface area contributed by atoms with Gasteiger partial charge in [0.05, 0.1) is 12.3 Å². The lowest BCUT2D eigenvalue weighted by Gasteiger charge is -2.22. The number of aromatic nitrogens is 1. The molecule has 0 amide bonds. The Bertz CT molecular complexity index is 431. The van der Waals surface area contributed by atoms with Gasteiger partial charge in [0.1, 0.15) is 6.54 Å². The van der Waals surface area contributed by atoms with Crippen LogP contribution >= 0.6 is 11.3 Å². The SMILES string of the molecule is COCc1nc(N(CC(F)(F)F)C2CC2)sc1CN. The minimum absolute atomic E-state index is 0.0474. The molecule has 19 heavy (non-hydrogen) atoms. The van der Waals surface area contributed by atoms with Crippen molar-refractivity contribution in [3.05, 3.63) is 10.6 Å². The lowest BCUT2D eigenvalue weighted by atomic mass is 10.4. The lowest BCUT2D eigenvalue weighted by molar-refractivity contribution is -0.120. The molecule has 1 heterocycles. The summed E-state index contributed by atoms with van der Waals surface area (Å²) in [6, 6.07) is -0.0474. The first-order valence-corrected chi connectivity index (χ1v) is 6.77. The standard InChI is InChI=1S/C11H16F3N3OS/c1-18-5-8-9(4-15)19-10(16-8)17(7-2-3-7)6-11(12,13)14/h7H,2-6,15H2,1H3. The normalized spacial score (nSPS) is 15.8. The second kappa shape index (κ2) is 5.64. The fourth-order valence-corrected chi connectivity index (χ4v) is 2.85. The Morgan fingerprint density at radius 2 is 2.16 bits per heavy atom. The molecule has 1 saturated carbocycles. The number of methoxy groups -OCH3 is 1. The highest BCUT2D eigenvalue weighted by atomic mass is 32.1. The molecule has 2 rings (SSSR count). The summed E-state index contributed by atoms with van der Waals surface area (Å²) >= 11 is 1.23. The second-order valence-electron chi connectivity index (χ2n) is 4.48. The Morgan fingerprint density at radius 3 is 2.63 bits per heavy atom. The molecule has 1 aromatic heterocycles. The van der Waals surface area contributed by atoms with Crippen molar-refractivity contribution < 1.29 is 17.9 Å². The largest absolute Gasteiger partial charge is 0.406 e. The first-order valence-electron chi connectivity index (χ1n) is 5.95. The molecule has 1 fully saturated rings. The van der Waals surface area contributed by atoms with E-state index in [1.807, 2.05) is 0 Å². The van der Waals surface area contributed by atoms with Gasteiger partial charge in [0.25, 0.3) is 0 Å². The molecule has 0 aliphatic heterocycles. The van der Waals surface area contributed by atoms with Gasteiger partial charge in [-0.05, 0) is 12.8 Å². The number of hydrogen-bond donors (Lipinski definition) is 1. The van der Waals surface area contributed by atoms with E-state index in [1.165, 1.54) is 23.3 Å². The number of ether oxygens (including phenoxy) is 1. The molecule has 0 unspecified atom stereocenters. The van der Waals surface area contributed by atoms with Crippen LogP contribution in [0.15, 0.2) is 0 Å². The first kappa shape index (κ1) is 14.5. The van der Waals surface area contributed by atoms with Crippen LogP contribution in [0.2, 0.25) is 0 Å². The molecule has 1 aromatic rings. The number of thiazole rings is 1. The highest BCUT2D eigenvalue weighted by Crippen LogP contribution is 2.37. The average Bonchev–Trinajstić information content (AvgIpc) is 3.07. The molecule has 0 radical (unpaired) electrons. The highest BCUT2D eigenvalue weighted by molar-refractivity contribution is 7.15. The Hall–Kier alpha value is -0.860. The molecule has 4 nitrogen and oxygen atoms in total. The number of nitrogens with two attached hydrogens (primary N) is 1. The van der Waals surface area contributed by atoms with E-state index in [0.717, 1.165) is 17.7 Å². The summed E-state index contributed by atoms with van der Waals surface area (Å²) in [6.07, 6.45) is -2.65. The van der Waals surface area contributed by atoms with E-state index >= 15 is 0 Å². The van der Waals surface area contributed by atoms with E-state index < -0.39 is 12.7 Å². The minimum atomic E-state index is -4.22. The summed E-state index contributed by atoms with van der Waals surface area (Å²) in [5.74, 6) is 0. The average molecular weight is 295 g/mol. The molecule has 1 aliphatic carbocycles. The number of anilines is 1. The smallest absolute Gasteiger partial charge is 0.378 e. The Morgan fingerprint density at radius 1 is 1.47 bits per heavy atom. The monoisotopic (exact) mass is 295 g/mol. The van der Waals surface area contributed by atoms with E-state index in [2.05, 4.69) is 4.98 Å². The van der Waals surface area contributed by atoms with Crippen LogP contribution in [0, 0.1) is 0 Å². The van der Waals surface area contributed by atoms with Crippen molar-refractivity contribution >= 4 is 16.5 Å². The molecular weight excluding hydrogens is 279 g/mol. The van der Waals surface area contributed by atoms with Crippen LogP contribution in [0.1, 0.15) is 23.4 Å². The second-order valence-corrected chi connectivity index (χ2v) is 5.54. The third-order valence-electron chi connectivity index (χ3n) is 2.82. The highest BCUT2D eigenvalue weighted by Gasteiger charge is 2.39. The van der Waals surface area contributed by atoms with Gasteiger partial charge in [0.15, 0.2) is 5.13 Å². The summed E-state index contributed by atoms with van der Waals surface area (Å²) in [4.78, 5) is 6.37. The summed E-state index contributed by atoms with van der Waals surface area (Å²) in [7, 11) is 1.52. The molecular formula is C11H16F3N3OS. The Labute approximate surface area is 113 Å². The van der Waals surface area contributed by atoms with Crippen molar-refractivity contribution in [3.63, 3.8) is 0 Å². The van der Waals surface area contributed by atoms with Crippen molar-refractivity contribution in [2.75, 3.05) is 18.6 Å². The third kappa shape index (κ3) is 3.80. The van der Waals surface area contributed by atoms with Gasteiger partial charge in [-0.2, -0.15) is 13.2 Å². The molecule has 0 aromatic carbocycles. The van der Waals surface area contributed by atoms with E-state index in [4.69, 9.17) is 10.5 Å². The molecule has 108 valence electrons. The number of alkyl halides is 3. The van der Waals surface area contributed by atoms with Crippen molar-refractivity contribution in [1.82, 2.24) is 4.98 Å². The van der Waals surface area contributed by atoms with E-state index in [0.29, 0.717) is 10.8 Å². The van der Waals surface area contributed by atoms with Crippen molar-refractivity contribution in [1.29, 1.82) is 0 Å². The fraction of sp³-hybridized carbons (Fsp3) is 0.727. The first-order chi connectivity index (χ1) is 8.94. The van der Waals surface area contributed by atoms with Gasteiger partial charge >= 0.3 is 6.18 Å². The summed E-state index contributed by atoms with van der Waals surface area (Å²) in [5.41, 5.74) is 6.22. The van der Waals surface area contributed by atoms with E-state index in [1.54, 1.807) is 0 Å². The van der Waals surface area contributed by atoms with Gasteiger partial charge in [-0.15, -0.1) is 11.3 Å². The summed E-state index contributed by atoms with van der Waals surface area (Å²) in [6.45, 7) is -0.421. The molecule has 1 aliphatic rings. The van der Waals surface area contributed by atoms with Crippen LogP contribution in [-0.2, 0) is 17.9 Å². The van der Waals surface area contributed by atoms with Gasteiger partial charge < -0.3 is 15.4 Å². The third-order valence-corrected chi connectivity index (χ3v) is 3.97. The predicted octanol–water partition coefficient (Wildman–Crippen LogP) is 2.28. The van der Waals surface area contributed by atoms with Crippen LogP contribution in [0.5, 0.6) is 0 Å². The van der Waals surface area contributed by atoms with E-state index in [-0.39, 0.29) is 19.2 Å². The number of halogens is 3.